The van der Waals surface area contributed by atoms with Gasteiger partial charge >= 0.3 is 0 Å². The van der Waals surface area contributed by atoms with E-state index in [0.717, 1.165) is 41.6 Å². The van der Waals surface area contributed by atoms with Crippen LogP contribution in [0.15, 0.2) is 29.3 Å². The van der Waals surface area contributed by atoms with Gasteiger partial charge in [0.05, 0.1) is 34.2 Å². The molecule has 0 fully saturated rings. The second kappa shape index (κ2) is 4.70. The van der Waals surface area contributed by atoms with Crippen LogP contribution in [0, 0.1) is 13.8 Å². The average molecular weight is 275 g/mol. The van der Waals surface area contributed by atoms with E-state index in [9.17, 15) is 0 Å². The number of hydrogen-bond acceptors (Lipinski definition) is 3. The lowest BCUT2D eigenvalue weighted by molar-refractivity contribution is 0.833. The van der Waals surface area contributed by atoms with Gasteiger partial charge in [0.25, 0.3) is 0 Å². The van der Waals surface area contributed by atoms with Crippen molar-refractivity contribution in [1.29, 1.82) is 0 Å². The summed E-state index contributed by atoms with van der Waals surface area (Å²) >= 11 is 6.25. The molecular weight excluding hydrogens is 260 g/mol. The number of nitrogens with one attached hydrogen (secondary N) is 1. The fraction of sp³-hybridized carbons (Fsp3) is 0.286. The van der Waals surface area contributed by atoms with Crippen LogP contribution in [0.25, 0.3) is 5.69 Å². The van der Waals surface area contributed by atoms with Crippen molar-refractivity contribution < 1.29 is 0 Å². The van der Waals surface area contributed by atoms with Crippen molar-refractivity contribution in [3.63, 3.8) is 0 Å². The van der Waals surface area contributed by atoms with Gasteiger partial charge in [-0.2, -0.15) is 5.10 Å². The van der Waals surface area contributed by atoms with Gasteiger partial charge in [-0.1, -0.05) is 23.7 Å². The van der Waals surface area contributed by atoms with Gasteiger partial charge in [-0.3, -0.25) is 4.99 Å². The molecule has 1 aromatic heterocycles. The van der Waals surface area contributed by atoms with Gasteiger partial charge in [0.1, 0.15) is 5.84 Å². The number of benzene rings is 1. The number of aromatic nitrogens is 2. The van der Waals surface area contributed by atoms with Crippen LogP contribution in [-0.2, 0) is 0 Å². The molecule has 1 aliphatic heterocycles. The number of nitrogens with zero attached hydrogens (tertiary/aromatic N) is 3. The fourth-order valence-corrected chi connectivity index (χ4v) is 2.62. The maximum atomic E-state index is 6.25. The van der Waals surface area contributed by atoms with E-state index in [1.54, 1.807) is 0 Å². The minimum atomic E-state index is 0.695. The van der Waals surface area contributed by atoms with Crippen LogP contribution in [0.4, 0.5) is 0 Å². The Bertz CT molecular complexity index is 657. The van der Waals surface area contributed by atoms with Gasteiger partial charge in [-0.05, 0) is 26.0 Å². The minimum absolute atomic E-state index is 0.695. The summed E-state index contributed by atoms with van der Waals surface area (Å²) in [5, 5.41) is 8.59. The van der Waals surface area contributed by atoms with Crippen molar-refractivity contribution in [2.24, 2.45) is 4.99 Å². The third-order valence-electron chi connectivity index (χ3n) is 3.28. The van der Waals surface area contributed by atoms with E-state index >= 15 is 0 Å². The molecule has 0 bridgehead atoms. The Kier molecular flexibility index (Phi) is 3.03. The summed E-state index contributed by atoms with van der Waals surface area (Å²) in [5.74, 6) is 0.938. The summed E-state index contributed by atoms with van der Waals surface area (Å²) in [6.07, 6.45) is 0. The van der Waals surface area contributed by atoms with Crippen molar-refractivity contribution in [1.82, 2.24) is 15.1 Å². The van der Waals surface area contributed by atoms with Gasteiger partial charge < -0.3 is 5.32 Å². The second-order valence-corrected chi connectivity index (χ2v) is 4.97. The first-order valence-corrected chi connectivity index (χ1v) is 6.66. The molecule has 0 atom stereocenters. The van der Waals surface area contributed by atoms with E-state index in [2.05, 4.69) is 15.4 Å². The zero-order chi connectivity index (χ0) is 13.4. The molecule has 0 saturated heterocycles. The number of aryl methyl sites for hydroxylation is 1. The molecule has 0 spiro atoms. The second-order valence-electron chi connectivity index (χ2n) is 4.57. The summed E-state index contributed by atoms with van der Waals surface area (Å²) in [4.78, 5) is 4.48. The third kappa shape index (κ3) is 2.02. The average Bonchev–Trinajstić information content (AvgIpc) is 2.99. The fourth-order valence-electron chi connectivity index (χ4n) is 2.41. The van der Waals surface area contributed by atoms with Gasteiger partial charge in [-0.15, -0.1) is 0 Å². The van der Waals surface area contributed by atoms with Gasteiger partial charge in [-0.25, -0.2) is 4.68 Å². The Balaban J connectivity index is 2.15. The minimum Gasteiger partial charge on any atom is -0.368 e. The quantitative estimate of drug-likeness (QED) is 0.914. The number of hydrogen-bond donors (Lipinski definition) is 1. The summed E-state index contributed by atoms with van der Waals surface area (Å²) in [6.45, 7) is 5.76. The zero-order valence-electron chi connectivity index (χ0n) is 10.9. The Hall–Kier alpha value is -1.81. The molecule has 1 N–H and O–H groups in total. The molecule has 0 radical (unpaired) electrons. The van der Waals surface area contributed by atoms with Gasteiger partial charge in [0.15, 0.2) is 0 Å². The summed E-state index contributed by atoms with van der Waals surface area (Å²) in [7, 11) is 0. The molecule has 98 valence electrons. The number of rotatable bonds is 2. The number of aliphatic imine (C=N–C) groups is 1. The first-order chi connectivity index (χ1) is 9.18. The standard InChI is InChI=1S/C14H15ClN4/c1-9-13(14-16-7-8-17-14)10(2)19(18-9)12-6-4-3-5-11(12)15/h3-6H,7-8H2,1-2H3,(H,16,17). The van der Waals surface area contributed by atoms with E-state index in [1.807, 2.05) is 42.8 Å². The Labute approximate surface area is 117 Å². The molecule has 5 heteroatoms. The van der Waals surface area contributed by atoms with Crippen LogP contribution in [-0.4, -0.2) is 28.7 Å². The third-order valence-corrected chi connectivity index (χ3v) is 3.60. The SMILES string of the molecule is Cc1nn(-c2ccccc2Cl)c(C)c1C1=NCCN1. The molecule has 4 nitrogen and oxygen atoms in total. The smallest absolute Gasteiger partial charge is 0.132 e. The maximum absolute atomic E-state index is 6.25. The van der Waals surface area contributed by atoms with Gasteiger partial charge in [0.2, 0.25) is 0 Å². The first-order valence-electron chi connectivity index (χ1n) is 6.28. The van der Waals surface area contributed by atoms with Gasteiger partial charge in [0, 0.05) is 6.54 Å². The van der Waals surface area contributed by atoms with E-state index in [4.69, 9.17) is 11.6 Å². The van der Waals surface area contributed by atoms with Crippen molar-refractivity contribution in [3.05, 3.63) is 46.2 Å². The largest absolute Gasteiger partial charge is 0.368 e. The van der Waals surface area contributed by atoms with E-state index in [-0.39, 0.29) is 0 Å². The monoisotopic (exact) mass is 274 g/mol. The highest BCUT2D eigenvalue weighted by Crippen LogP contribution is 2.24. The first kappa shape index (κ1) is 12.2. The molecule has 19 heavy (non-hydrogen) atoms. The Morgan fingerprint density at radius 2 is 2.05 bits per heavy atom. The van der Waals surface area contributed by atoms with E-state index in [1.165, 1.54) is 0 Å². The van der Waals surface area contributed by atoms with Crippen LogP contribution in [0.5, 0.6) is 0 Å². The predicted octanol–water partition coefficient (Wildman–Crippen LogP) is 2.49. The predicted molar refractivity (Wildman–Crippen MR) is 77.5 cm³/mol. The lowest BCUT2D eigenvalue weighted by Gasteiger charge is -2.07. The number of para-hydroxylation sites is 1. The molecule has 2 heterocycles. The van der Waals surface area contributed by atoms with Crippen LogP contribution >= 0.6 is 11.6 Å². The van der Waals surface area contributed by atoms with Crippen LogP contribution in [0.2, 0.25) is 5.02 Å². The lowest BCUT2D eigenvalue weighted by Crippen LogP contribution is -2.20. The van der Waals surface area contributed by atoms with Crippen molar-refractivity contribution in [2.45, 2.75) is 13.8 Å². The highest BCUT2D eigenvalue weighted by atomic mass is 35.5. The lowest BCUT2D eigenvalue weighted by atomic mass is 10.2. The van der Waals surface area contributed by atoms with Crippen LogP contribution in [0.3, 0.4) is 0 Å². The normalized spacial score (nSPS) is 14.4. The molecule has 1 aliphatic rings. The molecule has 0 aliphatic carbocycles. The van der Waals surface area contributed by atoms with Crippen LogP contribution in [0.1, 0.15) is 17.0 Å². The highest BCUT2D eigenvalue weighted by molar-refractivity contribution is 6.32. The summed E-state index contributed by atoms with van der Waals surface area (Å²) in [5.41, 5.74) is 4.00. The molecule has 0 saturated carbocycles. The number of halogens is 1. The van der Waals surface area contributed by atoms with E-state index in [0.29, 0.717) is 5.02 Å². The van der Waals surface area contributed by atoms with Crippen molar-refractivity contribution in [3.8, 4) is 5.69 Å². The summed E-state index contributed by atoms with van der Waals surface area (Å²) < 4.78 is 1.88. The van der Waals surface area contributed by atoms with Crippen molar-refractivity contribution >= 4 is 17.4 Å². The number of amidine groups is 1. The molecule has 0 unspecified atom stereocenters. The molecule has 2 aromatic rings. The molecule has 0 amide bonds. The van der Waals surface area contributed by atoms with Crippen LogP contribution < -0.4 is 5.32 Å². The maximum Gasteiger partial charge on any atom is 0.132 e. The molecule has 3 rings (SSSR count). The Morgan fingerprint density at radius 3 is 2.74 bits per heavy atom. The topological polar surface area (TPSA) is 42.2 Å². The summed E-state index contributed by atoms with van der Waals surface area (Å²) in [6, 6.07) is 7.72. The molecule has 1 aromatic carbocycles. The molecular formula is C14H15ClN4. The Morgan fingerprint density at radius 1 is 1.26 bits per heavy atom. The zero-order valence-corrected chi connectivity index (χ0v) is 11.7. The van der Waals surface area contributed by atoms with Crippen molar-refractivity contribution in [2.75, 3.05) is 13.1 Å². The van der Waals surface area contributed by atoms with E-state index < -0.39 is 0 Å². The highest BCUT2D eigenvalue weighted by Gasteiger charge is 2.20.